The highest BCUT2D eigenvalue weighted by Crippen LogP contribution is 2.23. The second-order valence-electron chi connectivity index (χ2n) is 8.61. The number of aromatic nitrogens is 2. The highest BCUT2D eigenvalue weighted by atomic mass is 32.2. The van der Waals surface area contributed by atoms with Crippen LogP contribution < -0.4 is 16.0 Å². The van der Waals surface area contributed by atoms with Crippen LogP contribution >= 0.6 is 23.1 Å². The van der Waals surface area contributed by atoms with Crippen LogP contribution in [0.25, 0.3) is 6.08 Å². The van der Waals surface area contributed by atoms with Crippen LogP contribution in [-0.2, 0) is 25.5 Å². The van der Waals surface area contributed by atoms with E-state index in [1.165, 1.54) is 23.1 Å². The van der Waals surface area contributed by atoms with Crippen LogP contribution in [0.3, 0.4) is 0 Å². The number of nitrogens with zero attached hydrogens (tertiary/aromatic N) is 2. The van der Waals surface area contributed by atoms with Crippen molar-refractivity contribution < 1.29 is 23.9 Å². The Hall–Kier alpha value is -4.81. The molecule has 4 rings (SSSR count). The topological polar surface area (TPSA) is 139 Å². The fourth-order valence-electron chi connectivity index (χ4n) is 3.54. The molecule has 10 nitrogen and oxygen atoms in total. The first-order valence-corrected chi connectivity index (χ1v) is 14.7. The monoisotopic (exact) mass is 601 g/mol. The van der Waals surface area contributed by atoms with E-state index in [0.29, 0.717) is 34.2 Å². The van der Waals surface area contributed by atoms with Gasteiger partial charge in [0.1, 0.15) is 5.70 Å². The lowest BCUT2D eigenvalue weighted by Crippen LogP contribution is -2.30. The number of benzene rings is 2. The maximum Gasteiger partial charge on any atom is 0.311 e. The summed E-state index contributed by atoms with van der Waals surface area (Å²) < 4.78 is 4.92. The SMILES string of the molecule is CCOC(=O)Cc1csc(NC(=O)CSc2cccc(NC(=O)/C(=C/c3cccnc3)NC(=O)c3ccccc3)c2)n1. The van der Waals surface area contributed by atoms with Crippen molar-refractivity contribution in [3.05, 3.63) is 107 Å². The van der Waals surface area contributed by atoms with Gasteiger partial charge in [-0.1, -0.05) is 30.3 Å². The Morgan fingerprint density at radius 2 is 1.83 bits per heavy atom. The van der Waals surface area contributed by atoms with E-state index in [2.05, 4.69) is 25.9 Å². The summed E-state index contributed by atoms with van der Waals surface area (Å²) in [5, 5.41) is 10.3. The van der Waals surface area contributed by atoms with Gasteiger partial charge in [0.2, 0.25) is 5.91 Å². The largest absolute Gasteiger partial charge is 0.466 e. The van der Waals surface area contributed by atoms with Crippen molar-refractivity contribution in [1.29, 1.82) is 0 Å². The van der Waals surface area contributed by atoms with Crippen LogP contribution in [0.4, 0.5) is 10.8 Å². The molecule has 0 bridgehead atoms. The Labute approximate surface area is 250 Å². The van der Waals surface area contributed by atoms with Crippen LogP contribution in [0.15, 0.2) is 95.1 Å². The minimum absolute atomic E-state index is 0.0417. The summed E-state index contributed by atoms with van der Waals surface area (Å²) in [5.74, 6) is -1.49. The van der Waals surface area contributed by atoms with Crippen LogP contribution in [0.5, 0.6) is 0 Å². The molecule has 0 fully saturated rings. The van der Waals surface area contributed by atoms with Gasteiger partial charge in [0.15, 0.2) is 5.13 Å². The third kappa shape index (κ3) is 9.39. The molecule has 2 aromatic carbocycles. The van der Waals surface area contributed by atoms with Crippen LogP contribution in [0.2, 0.25) is 0 Å². The van der Waals surface area contributed by atoms with E-state index in [0.717, 1.165) is 4.90 Å². The molecule has 0 aliphatic rings. The highest BCUT2D eigenvalue weighted by molar-refractivity contribution is 8.00. The molecule has 0 aliphatic heterocycles. The zero-order valence-corrected chi connectivity index (χ0v) is 24.2. The Bertz CT molecular complexity index is 1580. The number of hydrogen-bond acceptors (Lipinski definition) is 9. The molecule has 2 aromatic heterocycles. The third-order valence-electron chi connectivity index (χ3n) is 5.41. The van der Waals surface area contributed by atoms with Gasteiger partial charge in [-0.3, -0.25) is 24.2 Å². The number of rotatable bonds is 12. The van der Waals surface area contributed by atoms with E-state index >= 15 is 0 Å². The molecule has 0 saturated heterocycles. The van der Waals surface area contributed by atoms with Crippen LogP contribution in [0.1, 0.15) is 28.5 Å². The first-order chi connectivity index (χ1) is 20.4. The highest BCUT2D eigenvalue weighted by Gasteiger charge is 2.16. The summed E-state index contributed by atoms with van der Waals surface area (Å²) in [5.41, 5.74) is 2.11. The van der Waals surface area contributed by atoms with E-state index < -0.39 is 11.8 Å². The van der Waals surface area contributed by atoms with Gasteiger partial charge >= 0.3 is 5.97 Å². The number of anilines is 2. The van der Waals surface area contributed by atoms with Crippen LogP contribution in [0, 0.1) is 0 Å². The Morgan fingerprint density at radius 3 is 2.60 bits per heavy atom. The molecule has 0 atom stereocenters. The molecular formula is C30H27N5O5S2. The standard InChI is InChI=1S/C30H27N5O5S2/c1-2-40-27(37)16-23-18-42-30(33-23)35-26(36)19-41-24-12-6-11-22(15-24)32-29(39)25(14-20-8-7-13-31-17-20)34-28(38)21-9-4-3-5-10-21/h3-15,17-18H,2,16,19H2,1H3,(H,32,39)(H,34,38)(H,33,35,36)/b25-14-. The fraction of sp³-hybridized carbons (Fsp3) is 0.133. The first kappa shape index (κ1) is 30.2. The van der Waals surface area contributed by atoms with Gasteiger partial charge in [-0.15, -0.1) is 23.1 Å². The maximum atomic E-state index is 13.2. The third-order valence-corrected chi connectivity index (χ3v) is 7.22. The van der Waals surface area contributed by atoms with Crippen LogP contribution in [-0.4, -0.2) is 46.0 Å². The zero-order chi connectivity index (χ0) is 29.7. The Balaban J connectivity index is 1.37. The van der Waals surface area contributed by atoms with E-state index in [1.807, 2.05) is 6.07 Å². The summed E-state index contributed by atoms with van der Waals surface area (Å²) in [6, 6.07) is 19.1. The second-order valence-corrected chi connectivity index (χ2v) is 10.5. The maximum absolute atomic E-state index is 13.2. The van der Waals surface area contributed by atoms with Gasteiger partial charge in [0.25, 0.3) is 11.8 Å². The lowest BCUT2D eigenvalue weighted by atomic mass is 10.2. The second kappa shape index (κ2) is 15.3. The number of thioether (sulfide) groups is 1. The van der Waals surface area contributed by atoms with Gasteiger partial charge in [-0.05, 0) is 55.0 Å². The molecule has 3 N–H and O–H groups in total. The molecule has 3 amide bonds. The number of amides is 3. The number of esters is 1. The predicted octanol–water partition coefficient (Wildman–Crippen LogP) is 4.78. The number of nitrogens with one attached hydrogen (secondary N) is 3. The smallest absolute Gasteiger partial charge is 0.311 e. The number of ether oxygens (including phenoxy) is 1. The molecule has 2 heterocycles. The average Bonchev–Trinajstić information content (AvgIpc) is 3.43. The van der Waals surface area contributed by atoms with E-state index in [-0.39, 0.29) is 29.7 Å². The quantitative estimate of drug-likeness (QED) is 0.120. The predicted molar refractivity (Wildman–Crippen MR) is 163 cm³/mol. The van der Waals surface area contributed by atoms with Crippen molar-refractivity contribution in [1.82, 2.24) is 15.3 Å². The van der Waals surface area contributed by atoms with Gasteiger partial charge in [-0.2, -0.15) is 0 Å². The molecule has 0 spiro atoms. The summed E-state index contributed by atoms with van der Waals surface area (Å²) in [6.45, 7) is 2.03. The van der Waals surface area contributed by atoms with Gasteiger partial charge in [0.05, 0.1) is 24.5 Å². The van der Waals surface area contributed by atoms with Crippen molar-refractivity contribution in [2.24, 2.45) is 0 Å². The molecule has 4 aromatic rings. The average molecular weight is 602 g/mol. The molecule has 12 heteroatoms. The number of hydrogen-bond donors (Lipinski definition) is 3. The van der Waals surface area contributed by atoms with Crippen molar-refractivity contribution >= 4 is 63.7 Å². The molecule has 0 aliphatic carbocycles. The lowest BCUT2D eigenvalue weighted by molar-refractivity contribution is -0.142. The molecule has 42 heavy (non-hydrogen) atoms. The summed E-state index contributed by atoms with van der Waals surface area (Å²) in [6.07, 6.45) is 4.78. The molecule has 0 unspecified atom stereocenters. The summed E-state index contributed by atoms with van der Waals surface area (Å²) >= 11 is 2.51. The minimum Gasteiger partial charge on any atom is -0.466 e. The number of thiazole rings is 1. The van der Waals surface area contributed by atoms with Crippen molar-refractivity contribution in [3.63, 3.8) is 0 Å². The number of pyridine rings is 1. The van der Waals surface area contributed by atoms with Crippen molar-refractivity contribution in [3.8, 4) is 0 Å². The minimum atomic E-state index is -0.523. The fourth-order valence-corrected chi connectivity index (χ4v) is 5.02. The first-order valence-electron chi connectivity index (χ1n) is 12.8. The van der Waals surface area contributed by atoms with Crippen molar-refractivity contribution in [2.75, 3.05) is 23.0 Å². The Kier molecular flexibility index (Phi) is 11.0. The zero-order valence-electron chi connectivity index (χ0n) is 22.5. The van der Waals surface area contributed by atoms with Crippen molar-refractivity contribution in [2.45, 2.75) is 18.2 Å². The van der Waals surface area contributed by atoms with E-state index in [4.69, 9.17) is 4.74 Å². The van der Waals surface area contributed by atoms with Gasteiger partial charge in [-0.25, -0.2) is 4.98 Å². The summed E-state index contributed by atoms with van der Waals surface area (Å²) in [4.78, 5) is 59.2. The molecular weight excluding hydrogens is 574 g/mol. The molecule has 0 saturated carbocycles. The van der Waals surface area contributed by atoms with Gasteiger partial charge in [0, 0.05) is 33.9 Å². The van der Waals surface area contributed by atoms with E-state index in [1.54, 1.807) is 91.4 Å². The number of carbonyl (C=O) groups excluding carboxylic acids is 4. The lowest BCUT2D eigenvalue weighted by Gasteiger charge is -2.12. The molecule has 0 radical (unpaired) electrons. The molecule has 214 valence electrons. The normalized spacial score (nSPS) is 10.9. The van der Waals surface area contributed by atoms with E-state index in [9.17, 15) is 19.2 Å². The van der Waals surface area contributed by atoms with Gasteiger partial charge < -0.3 is 20.7 Å². The number of carbonyl (C=O) groups is 4. The summed E-state index contributed by atoms with van der Waals surface area (Å²) in [7, 11) is 0. The Morgan fingerprint density at radius 1 is 1.00 bits per heavy atom.